The molecule has 128 valence electrons. The van der Waals surface area contributed by atoms with Gasteiger partial charge in [0.25, 0.3) is 0 Å². The molecule has 1 N–H and O–H groups in total. The summed E-state index contributed by atoms with van der Waals surface area (Å²) >= 11 is 0. The van der Waals surface area contributed by atoms with Gasteiger partial charge in [-0.3, -0.25) is 9.69 Å². The number of ether oxygens (including phenoxy) is 1. The maximum Gasteiger partial charge on any atom is 0.237 e. The minimum atomic E-state index is -0.214. The molecule has 0 aromatic carbocycles. The van der Waals surface area contributed by atoms with Crippen molar-refractivity contribution >= 4 is 35.3 Å². The second-order valence-corrected chi connectivity index (χ2v) is 6.71. The number of aryl methyl sites for hydroxylation is 1. The van der Waals surface area contributed by atoms with E-state index in [1.54, 1.807) is 11.1 Å². The van der Waals surface area contributed by atoms with E-state index in [0.29, 0.717) is 25.6 Å². The average Bonchev–Trinajstić information content (AvgIpc) is 2.95. The molecule has 1 amide bonds. The molecular weight excluding hydrogens is 332 g/mol. The number of carbonyl (C=O) groups is 1. The van der Waals surface area contributed by atoms with Crippen molar-refractivity contribution in [2.75, 3.05) is 37.7 Å². The van der Waals surface area contributed by atoms with Crippen LogP contribution in [0, 0.1) is 12.3 Å². The van der Waals surface area contributed by atoms with E-state index in [0.717, 1.165) is 36.4 Å². The van der Waals surface area contributed by atoms with Crippen molar-refractivity contribution in [2.24, 2.45) is 5.41 Å². The van der Waals surface area contributed by atoms with Crippen molar-refractivity contribution < 1.29 is 9.53 Å². The number of amides is 1. The van der Waals surface area contributed by atoms with Gasteiger partial charge in [-0.1, -0.05) is 0 Å². The molecule has 0 radical (unpaired) electrons. The summed E-state index contributed by atoms with van der Waals surface area (Å²) in [6.45, 7) is 5.49. The van der Waals surface area contributed by atoms with Crippen molar-refractivity contribution in [1.82, 2.24) is 25.1 Å². The Hall–Kier alpha value is -1.77. The smallest absolute Gasteiger partial charge is 0.237 e. The number of fused-ring (bicyclic) bond motifs is 1. The summed E-state index contributed by atoms with van der Waals surface area (Å²) < 4.78 is 7.16. The van der Waals surface area contributed by atoms with Gasteiger partial charge >= 0.3 is 0 Å². The van der Waals surface area contributed by atoms with Crippen molar-refractivity contribution in [2.45, 2.75) is 19.4 Å². The third-order valence-electron chi connectivity index (χ3n) is 5.24. The molecule has 5 rings (SSSR count). The Bertz CT molecular complexity index is 814. The van der Waals surface area contributed by atoms with Crippen LogP contribution in [0.3, 0.4) is 0 Å². The fourth-order valence-corrected chi connectivity index (χ4v) is 3.58. The first-order valence-corrected chi connectivity index (χ1v) is 8.00. The van der Waals surface area contributed by atoms with Gasteiger partial charge in [0.05, 0.1) is 30.5 Å². The molecule has 3 saturated heterocycles. The van der Waals surface area contributed by atoms with Crippen molar-refractivity contribution in [3.63, 3.8) is 0 Å². The number of aromatic nitrogens is 4. The highest BCUT2D eigenvalue weighted by molar-refractivity contribution is 6.00. The Balaban J connectivity index is 0.00000146. The van der Waals surface area contributed by atoms with Gasteiger partial charge in [0.15, 0.2) is 11.5 Å². The van der Waals surface area contributed by atoms with Crippen molar-refractivity contribution in [1.29, 1.82) is 0 Å². The summed E-state index contributed by atoms with van der Waals surface area (Å²) in [6.07, 6.45) is 2.58. The fourth-order valence-electron chi connectivity index (χ4n) is 3.58. The van der Waals surface area contributed by atoms with Crippen LogP contribution < -0.4 is 10.2 Å². The highest BCUT2D eigenvalue weighted by Gasteiger charge is 2.51. The molecular formula is C15H19ClN6O2. The Morgan fingerprint density at radius 3 is 2.75 bits per heavy atom. The van der Waals surface area contributed by atoms with Crippen LogP contribution in [0.5, 0.6) is 0 Å². The van der Waals surface area contributed by atoms with E-state index in [4.69, 9.17) is 9.72 Å². The van der Waals surface area contributed by atoms with Crippen LogP contribution in [0.2, 0.25) is 0 Å². The monoisotopic (exact) mass is 350 g/mol. The second kappa shape index (κ2) is 5.37. The average molecular weight is 351 g/mol. The van der Waals surface area contributed by atoms with Gasteiger partial charge in [-0.25, -0.2) is 14.6 Å². The first-order valence-electron chi connectivity index (χ1n) is 8.00. The molecule has 0 saturated carbocycles. The lowest BCUT2D eigenvalue weighted by molar-refractivity contribution is -0.127. The topological polar surface area (TPSA) is 85.2 Å². The van der Waals surface area contributed by atoms with E-state index in [9.17, 15) is 4.79 Å². The van der Waals surface area contributed by atoms with Gasteiger partial charge < -0.3 is 10.1 Å². The highest BCUT2D eigenvalue weighted by atomic mass is 35.5. The van der Waals surface area contributed by atoms with Gasteiger partial charge in [-0.2, -0.15) is 5.10 Å². The predicted octanol–water partition coefficient (Wildman–Crippen LogP) is 0.454. The lowest BCUT2D eigenvalue weighted by Gasteiger charge is -2.36. The summed E-state index contributed by atoms with van der Waals surface area (Å²) in [5, 5.41) is 7.76. The summed E-state index contributed by atoms with van der Waals surface area (Å²) in [5.41, 5.74) is 2.19. The molecule has 2 aromatic heterocycles. The fraction of sp³-hybridized carbons (Fsp3) is 0.600. The number of nitrogens with zero attached hydrogens (tertiary/aromatic N) is 5. The van der Waals surface area contributed by atoms with Crippen LogP contribution in [0.15, 0.2) is 6.20 Å². The molecule has 0 aliphatic carbocycles. The summed E-state index contributed by atoms with van der Waals surface area (Å²) in [7, 11) is 0. The molecule has 3 aliphatic heterocycles. The van der Waals surface area contributed by atoms with E-state index in [-0.39, 0.29) is 29.8 Å². The third-order valence-corrected chi connectivity index (χ3v) is 5.24. The third kappa shape index (κ3) is 2.00. The van der Waals surface area contributed by atoms with Crippen LogP contribution in [0.25, 0.3) is 11.2 Å². The quantitative estimate of drug-likeness (QED) is 0.846. The van der Waals surface area contributed by atoms with E-state index in [2.05, 4.69) is 15.4 Å². The van der Waals surface area contributed by atoms with Crippen LogP contribution in [0.1, 0.15) is 18.2 Å². The van der Waals surface area contributed by atoms with Crippen molar-refractivity contribution in [3.05, 3.63) is 11.9 Å². The molecule has 1 spiro atoms. The Kier molecular flexibility index (Phi) is 3.52. The van der Waals surface area contributed by atoms with Gasteiger partial charge in [0.2, 0.25) is 5.91 Å². The molecule has 0 atom stereocenters. The molecule has 8 nitrogen and oxygen atoms in total. The Morgan fingerprint density at radius 1 is 1.38 bits per heavy atom. The number of anilines is 1. The van der Waals surface area contributed by atoms with E-state index < -0.39 is 0 Å². The molecule has 5 heterocycles. The van der Waals surface area contributed by atoms with Crippen molar-refractivity contribution in [3.8, 4) is 0 Å². The van der Waals surface area contributed by atoms with Gasteiger partial charge in [-0.15, -0.1) is 12.4 Å². The van der Waals surface area contributed by atoms with Crippen LogP contribution in [-0.4, -0.2) is 58.5 Å². The van der Waals surface area contributed by atoms with Crippen LogP contribution in [0.4, 0.5) is 5.82 Å². The van der Waals surface area contributed by atoms with Gasteiger partial charge in [0.1, 0.15) is 11.6 Å². The van der Waals surface area contributed by atoms with Crippen LogP contribution in [-0.2, 0) is 9.53 Å². The lowest BCUT2D eigenvalue weighted by Crippen LogP contribution is -2.57. The molecule has 24 heavy (non-hydrogen) atoms. The van der Waals surface area contributed by atoms with E-state index in [1.165, 1.54) is 0 Å². The molecule has 2 aromatic rings. The molecule has 0 unspecified atom stereocenters. The van der Waals surface area contributed by atoms with Crippen LogP contribution >= 0.6 is 12.4 Å². The Labute approximate surface area is 145 Å². The normalized spacial score (nSPS) is 22.5. The van der Waals surface area contributed by atoms with E-state index >= 15 is 0 Å². The Morgan fingerprint density at radius 2 is 2.17 bits per heavy atom. The minimum absolute atomic E-state index is 0. The maximum absolute atomic E-state index is 12.7. The number of rotatable bonds is 2. The minimum Gasteiger partial charge on any atom is -0.377 e. The SMILES string of the molecule is Cc1nn(C2COC2)c2nc(N3CCC4(CNC4)C3=O)cnc12.Cl. The number of halogens is 1. The number of nitrogens with one attached hydrogen (secondary N) is 1. The standard InChI is InChI=1S/C15H18N6O2.ClH/c1-9-12-13(21(19-9)10-5-23-6-10)18-11(4-17-12)20-3-2-15(14(20)22)7-16-8-15;/h4,10,16H,2-3,5-8H2,1H3;1H. The summed E-state index contributed by atoms with van der Waals surface area (Å²) in [5.74, 6) is 0.798. The zero-order valence-electron chi connectivity index (χ0n) is 13.4. The summed E-state index contributed by atoms with van der Waals surface area (Å²) in [6, 6.07) is 0.215. The summed E-state index contributed by atoms with van der Waals surface area (Å²) in [4.78, 5) is 23.7. The highest BCUT2D eigenvalue weighted by Crippen LogP contribution is 2.37. The zero-order chi connectivity index (χ0) is 15.6. The molecule has 0 bridgehead atoms. The molecule has 3 aliphatic rings. The maximum atomic E-state index is 12.7. The largest absolute Gasteiger partial charge is 0.377 e. The van der Waals surface area contributed by atoms with E-state index in [1.807, 2.05) is 11.6 Å². The number of hydrogen-bond acceptors (Lipinski definition) is 6. The van der Waals surface area contributed by atoms with Gasteiger partial charge in [-0.05, 0) is 13.3 Å². The first kappa shape index (κ1) is 15.7. The predicted molar refractivity (Wildman–Crippen MR) is 89.4 cm³/mol. The lowest BCUT2D eigenvalue weighted by atomic mass is 9.80. The first-order chi connectivity index (χ1) is 11.2. The zero-order valence-corrected chi connectivity index (χ0v) is 14.2. The number of carbonyl (C=O) groups excluding carboxylic acids is 1. The molecule has 3 fully saturated rings. The number of hydrogen-bond donors (Lipinski definition) is 1. The van der Waals surface area contributed by atoms with Gasteiger partial charge in [0, 0.05) is 19.6 Å². The molecule has 9 heteroatoms. The second-order valence-electron chi connectivity index (χ2n) is 6.71.